The van der Waals surface area contributed by atoms with Crippen molar-refractivity contribution in [3.05, 3.63) is 0 Å². The molecule has 3 saturated carbocycles. The minimum Gasteiger partial charge on any atom is -0.353 e. The molecule has 2 atom stereocenters. The van der Waals surface area contributed by atoms with E-state index in [0.717, 1.165) is 23.6 Å². The van der Waals surface area contributed by atoms with Gasteiger partial charge in [-0.2, -0.15) is 0 Å². The molecule has 2 nitrogen and oxygen atoms in total. The highest BCUT2D eigenvalue weighted by molar-refractivity contribution is 9.09. The van der Waals surface area contributed by atoms with Crippen molar-refractivity contribution in [1.29, 1.82) is 0 Å². The summed E-state index contributed by atoms with van der Waals surface area (Å²) in [7, 11) is 0. The van der Waals surface area contributed by atoms with E-state index in [1.54, 1.807) is 0 Å². The predicted octanol–water partition coefficient (Wildman–Crippen LogP) is 2.47. The van der Waals surface area contributed by atoms with Crippen LogP contribution in [-0.4, -0.2) is 17.3 Å². The summed E-state index contributed by atoms with van der Waals surface area (Å²) in [6.45, 7) is 0. The van der Waals surface area contributed by atoms with E-state index in [1.165, 1.54) is 32.1 Å². The number of carbonyl (C=O) groups is 1. The monoisotopic (exact) mass is 271 g/mol. The van der Waals surface area contributed by atoms with E-state index >= 15 is 0 Å². The van der Waals surface area contributed by atoms with Gasteiger partial charge in [-0.05, 0) is 43.9 Å². The van der Waals surface area contributed by atoms with Crippen molar-refractivity contribution >= 4 is 21.8 Å². The van der Waals surface area contributed by atoms with Gasteiger partial charge < -0.3 is 5.32 Å². The summed E-state index contributed by atoms with van der Waals surface area (Å²) in [4.78, 5) is 12.1. The molecule has 3 aliphatic rings. The van der Waals surface area contributed by atoms with Crippen LogP contribution in [-0.2, 0) is 4.79 Å². The molecule has 2 unspecified atom stereocenters. The molecule has 1 amide bonds. The van der Waals surface area contributed by atoms with Crippen LogP contribution in [0.1, 0.15) is 38.5 Å². The van der Waals surface area contributed by atoms with Crippen molar-refractivity contribution in [3.8, 4) is 0 Å². The van der Waals surface area contributed by atoms with E-state index in [1.807, 2.05) is 0 Å². The lowest BCUT2D eigenvalue weighted by molar-refractivity contribution is -0.128. The summed E-state index contributed by atoms with van der Waals surface area (Å²) in [5, 5.41) is 4.34. The topological polar surface area (TPSA) is 29.1 Å². The third-order valence-electron chi connectivity index (χ3n) is 4.65. The number of rotatable bonds is 3. The molecule has 0 radical (unpaired) electrons. The minimum absolute atomic E-state index is 0.111. The maximum Gasteiger partial charge on any atom is 0.226 e. The predicted molar refractivity (Wildman–Crippen MR) is 62.8 cm³/mol. The number of nitrogens with one attached hydrogen (secondary N) is 1. The maximum absolute atomic E-state index is 12.1. The number of amides is 1. The molecule has 0 aromatic heterocycles. The normalized spacial score (nSPS) is 46.9. The van der Waals surface area contributed by atoms with Crippen molar-refractivity contribution in [2.45, 2.75) is 44.6 Å². The molecule has 0 saturated heterocycles. The molecule has 15 heavy (non-hydrogen) atoms. The Balaban J connectivity index is 1.51. The Morgan fingerprint density at radius 1 is 1.47 bits per heavy atom. The lowest BCUT2D eigenvalue weighted by atomic mass is 9.81. The van der Waals surface area contributed by atoms with Crippen LogP contribution >= 0.6 is 15.9 Å². The summed E-state index contributed by atoms with van der Waals surface area (Å²) >= 11 is 3.49. The Labute approximate surface area is 99.3 Å². The zero-order chi connectivity index (χ0) is 10.5. The van der Waals surface area contributed by atoms with Crippen molar-refractivity contribution in [2.75, 3.05) is 5.33 Å². The molecule has 0 aliphatic heterocycles. The molecule has 3 fully saturated rings. The number of hydrogen-bond donors (Lipinski definition) is 1. The van der Waals surface area contributed by atoms with Crippen LogP contribution in [0.15, 0.2) is 0 Å². The first kappa shape index (κ1) is 10.1. The van der Waals surface area contributed by atoms with Gasteiger partial charge in [-0.3, -0.25) is 4.79 Å². The Morgan fingerprint density at radius 2 is 2.27 bits per heavy atom. The fourth-order valence-electron chi connectivity index (χ4n) is 3.43. The third-order valence-corrected chi connectivity index (χ3v) is 5.56. The van der Waals surface area contributed by atoms with Gasteiger partial charge in [-0.25, -0.2) is 0 Å². The Hall–Kier alpha value is -0.0500. The molecular formula is C12H18BrNO. The van der Waals surface area contributed by atoms with Gasteiger partial charge in [0.25, 0.3) is 0 Å². The van der Waals surface area contributed by atoms with Crippen molar-refractivity contribution < 1.29 is 4.79 Å². The number of carbonyl (C=O) groups excluding carboxylic acids is 1. The summed E-state index contributed by atoms with van der Waals surface area (Å²) < 4.78 is 0. The van der Waals surface area contributed by atoms with Crippen molar-refractivity contribution in [3.63, 3.8) is 0 Å². The second-order valence-corrected chi connectivity index (χ2v) is 6.26. The number of fused-ring (bicyclic) bond motifs is 1. The molecule has 3 aliphatic carbocycles. The van der Waals surface area contributed by atoms with Crippen LogP contribution in [0.2, 0.25) is 0 Å². The van der Waals surface area contributed by atoms with E-state index < -0.39 is 0 Å². The van der Waals surface area contributed by atoms with E-state index in [4.69, 9.17) is 0 Å². The second kappa shape index (κ2) is 3.47. The molecule has 0 bridgehead atoms. The minimum atomic E-state index is 0.111. The zero-order valence-electron chi connectivity index (χ0n) is 8.97. The highest BCUT2D eigenvalue weighted by atomic mass is 79.9. The third kappa shape index (κ3) is 1.54. The molecule has 1 N–H and O–H groups in total. The van der Waals surface area contributed by atoms with Gasteiger partial charge in [0.05, 0.1) is 5.41 Å². The lowest BCUT2D eigenvalue weighted by Gasteiger charge is -2.35. The Bertz CT molecular complexity index is 287. The average Bonchev–Trinajstić information content (AvgIpc) is 2.75. The molecule has 84 valence electrons. The maximum atomic E-state index is 12.1. The van der Waals surface area contributed by atoms with Crippen molar-refractivity contribution in [2.24, 2.45) is 17.3 Å². The summed E-state index contributed by atoms with van der Waals surface area (Å²) in [5.74, 6) is 1.92. The van der Waals surface area contributed by atoms with Crippen LogP contribution in [0.25, 0.3) is 0 Å². The van der Waals surface area contributed by atoms with E-state index in [0.29, 0.717) is 11.9 Å². The fourth-order valence-corrected chi connectivity index (χ4v) is 3.96. The van der Waals surface area contributed by atoms with Crippen LogP contribution in [0.3, 0.4) is 0 Å². The lowest BCUT2D eigenvalue weighted by Crippen LogP contribution is -2.47. The number of halogens is 1. The smallest absolute Gasteiger partial charge is 0.226 e. The first-order valence-corrected chi connectivity index (χ1v) is 7.24. The second-order valence-electron chi connectivity index (χ2n) is 5.61. The van der Waals surface area contributed by atoms with Gasteiger partial charge in [-0.15, -0.1) is 0 Å². The van der Waals surface area contributed by atoms with Gasteiger partial charge in [-0.1, -0.05) is 22.4 Å². The van der Waals surface area contributed by atoms with Crippen LogP contribution < -0.4 is 5.32 Å². The summed E-state index contributed by atoms with van der Waals surface area (Å²) in [6, 6.07) is 0.483. The van der Waals surface area contributed by atoms with Gasteiger partial charge in [0, 0.05) is 11.4 Å². The van der Waals surface area contributed by atoms with E-state index in [-0.39, 0.29) is 5.41 Å². The zero-order valence-corrected chi connectivity index (χ0v) is 10.6. The van der Waals surface area contributed by atoms with Crippen molar-refractivity contribution in [1.82, 2.24) is 5.32 Å². The van der Waals surface area contributed by atoms with Gasteiger partial charge in [0.2, 0.25) is 5.91 Å². The molecular weight excluding hydrogens is 254 g/mol. The van der Waals surface area contributed by atoms with Gasteiger partial charge >= 0.3 is 0 Å². The molecule has 0 spiro atoms. The summed E-state index contributed by atoms with van der Waals surface area (Å²) in [5.41, 5.74) is 0.111. The van der Waals surface area contributed by atoms with E-state index in [9.17, 15) is 4.79 Å². The SMILES string of the molecule is O=C(NC1CC(CBr)C1)C12CCCC1C2. The average molecular weight is 272 g/mol. The van der Waals surface area contributed by atoms with E-state index in [2.05, 4.69) is 21.2 Å². The Kier molecular flexibility index (Phi) is 2.35. The molecule has 3 rings (SSSR count). The molecule has 0 heterocycles. The largest absolute Gasteiger partial charge is 0.353 e. The number of alkyl halides is 1. The molecule has 0 aromatic carbocycles. The standard InChI is InChI=1S/C12H18BrNO/c13-7-8-4-10(5-8)14-11(15)12-3-1-2-9(12)6-12/h8-10H,1-7H2,(H,14,15). The highest BCUT2D eigenvalue weighted by Gasteiger charge is 2.62. The molecule has 3 heteroatoms. The number of hydrogen-bond acceptors (Lipinski definition) is 1. The first-order valence-electron chi connectivity index (χ1n) is 6.11. The van der Waals surface area contributed by atoms with Gasteiger partial charge in [0.15, 0.2) is 0 Å². The van der Waals surface area contributed by atoms with Gasteiger partial charge in [0.1, 0.15) is 0 Å². The quantitative estimate of drug-likeness (QED) is 0.786. The Morgan fingerprint density at radius 3 is 2.80 bits per heavy atom. The van der Waals surface area contributed by atoms with Crippen LogP contribution in [0, 0.1) is 17.3 Å². The summed E-state index contributed by atoms with van der Waals surface area (Å²) in [6.07, 6.45) is 7.25. The first-order chi connectivity index (χ1) is 7.24. The van der Waals surface area contributed by atoms with Crippen LogP contribution in [0.5, 0.6) is 0 Å². The highest BCUT2D eigenvalue weighted by Crippen LogP contribution is 2.63. The van der Waals surface area contributed by atoms with Crippen LogP contribution in [0.4, 0.5) is 0 Å². The fraction of sp³-hybridized carbons (Fsp3) is 0.917. The molecule has 0 aromatic rings.